The van der Waals surface area contributed by atoms with Gasteiger partial charge in [-0.15, -0.1) is 12.6 Å². The maximum Gasteiger partial charge on any atom is 0.151 e. The van der Waals surface area contributed by atoms with Crippen LogP contribution >= 0.6 is 12.6 Å². The molecule has 13 heavy (non-hydrogen) atoms. The van der Waals surface area contributed by atoms with Crippen molar-refractivity contribution in [3.05, 3.63) is 11.0 Å². The predicted octanol–water partition coefficient (Wildman–Crippen LogP) is 2.66. The molecule has 0 amide bonds. The molecule has 0 aromatic carbocycles. The number of ether oxygens (including phenoxy) is 1. The highest BCUT2D eigenvalue weighted by Gasteiger charge is 2.15. The Bertz CT molecular complexity index is 228. The average Bonchev–Trinajstić information content (AvgIpc) is 2.02. The summed E-state index contributed by atoms with van der Waals surface area (Å²) in [5, 5.41) is 0. The lowest BCUT2D eigenvalue weighted by atomic mass is 9.99. The van der Waals surface area contributed by atoms with E-state index in [1.54, 1.807) is 6.21 Å². The van der Waals surface area contributed by atoms with Crippen molar-refractivity contribution in [3.8, 4) is 0 Å². The molecule has 0 N–H and O–H groups in total. The van der Waals surface area contributed by atoms with Gasteiger partial charge in [-0.05, 0) is 5.41 Å². The monoisotopic (exact) mass is 199 g/mol. The third-order valence-corrected chi connectivity index (χ3v) is 1.91. The standard InChI is InChI=1S/C10H17NOS/c1-10(2,3)7-12-9-5-4-8(13)6-11-9/h4,6,9,13H,5,7H2,1-3H3. The quantitative estimate of drug-likeness (QED) is 0.678. The fourth-order valence-corrected chi connectivity index (χ4v) is 1.12. The van der Waals surface area contributed by atoms with E-state index in [1.807, 2.05) is 6.08 Å². The van der Waals surface area contributed by atoms with Crippen molar-refractivity contribution in [3.63, 3.8) is 0 Å². The van der Waals surface area contributed by atoms with Crippen LogP contribution in [0.2, 0.25) is 0 Å². The lowest BCUT2D eigenvalue weighted by molar-refractivity contribution is 0.0150. The number of aliphatic imine (C=N–C) groups is 1. The van der Waals surface area contributed by atoms with Crippen molar-refractivity contribution in [2.45, 2.75) is 33.4 Å². The van der Waals surface area contributed by atoms with E-state index >= 15 is 0 Å². The van der Waals surface area contributed by atoms with E-state index in [-0.39, 0.29) is 11.6 Å². The van der Waals surface area contributed by atoms with Crippen LogP contribution in [0.25, 0.3) is 0 Å². The molecule has 2 nitrogen and oxygen atoms in total. The van der Waals surface area contributed by atoms with Crippen molar-refractivity contribution in [2.75, 3.05) is 6.61 Å². The van der Waals surface area contributed by atoms with Crippen LogP contribution in [-0.2, 0) is 4.74 Å². The summed E-state index contributed by atoms with van der Waals surface area (Å²) in [6.45, 7) is 7.20. The van der Waals surface area contributed by atoms with Gasteiger partial charge in [0.1, 0.15) is 0 Å². The molecular formula is C10H17NOS. The molecule has 1 aliphatic heterocycles. The fourth-order valence-electron chi connectivity index (χ4n) is 0.952. The Morgan fingerprint density at radius 3 is 2.77 bits per heavy atom. The second kappa shape index (κ2) is 4.29. The average molecular weight is 199 g/mol. The third kappa shape index (κ3) is 4.48. The molecule has 1 unspecified atom stereocenters. The maximum atomic E-state index is 5.62. The van der Waals surface area contributed by atoms with Crippen LogP contribution in [0.1, 0.15) is 27.2 Å². The van der Waals surface area contributed by atoms with E-state index in [0.717, 1.165) is 17.9 Å². The second-order valence-corrected chi connectivity index (χ2v) is 4.99. The first kappa shape index (κ1) is 10.8. The van der Waals surface area contributed by atoms with Crippen LogP contribution in [0.3, 0.4) is 0 Å². The van der Waals surface area contributed by atoms with Gasteiger partial charge in [0.15, 0.2) is 6.23 Å². The molecule has 1 rings (SSSR count). The molecule has 1 heterocycles. The highest BCUT2D eigenvalue weighted by molar-refractivity contribution is 7.85. The van der Waals surface area contributed by atoms with Gasteiger partial charge >= 0.3 is 0 Å². The Kier molecular flexibility index (Phi) is 3.56. The van der Waals surface area contributed by atoms with E-state index in [4.69, 9.17) is 4.74 Å². The summed E-state index contributed by atoms with van der Waals surface area (Å²) in [6.07, 6.45) is 4.62. The van der Waals surface area contributed by atoms with Gasteiger partial charge in [-0.3, -0.25) is 4.99 Å². The highest BCUT2D eigenvalue weighted by atomic mass is 32.1. The lowest BCUT2D eigenvalue weighted by Crippen LogP contribution is -2.21. The van der Waals surface area contributed by atoms with Crippen LogP contribution < -0.4 is 0 Å². The highest BCUT2D eigenvalue weighted by Crippen LogP contribution is 2.18. The number of hydrogen-bond acceptors (Lipinski definition) is 3. The van der Waals surface area contributed by atoms with Gasteiger partial charge in [0.2, 0.25) is 0 Å². The molecule has 0 spiro atoms. The lowest BCUT2D eigenvalue weighted by Gasteiger charge is -2.22. The van der Waals surface area contributed by atoms with Gasteiger partial charge in [-0.25, -0.2) is 0 Å². The molecule has 1 atom stereocenters. The molecule has 0 saturated carbocycles. The van der Waals surface area contributed by atoms with E-state index in [0.29, 0.717) is 0 Å². The van der Waals surface area contributed by atoms with Gasteiger partial charge in [-0.2, -0.15) is 0 Å². The van der Waals surface area contributed by atoms with E-state index < -0.39 is 0 Å². The molecule has 0 saturated heterocycles. The van der Waals surface area contributed by atoms with Crippen molar-refractivity contribution in [1.29, 1.82) is 0 Å². The zero-order chi connectivity index (χ0) is 9.90. The van der Waals surface area contributed by atoms with Crippen molar-refractivity contribution in [1.82, 2.24) is 0 Å². The van der Waals surface area contributed by atoms with Crippen molar-refractivity contribution in [2.24, 2.45) is 10.4 Å². The maximum absolute atomic E-state index is 5.62. The molecule has 0 fully saturated rings. The Balaban J connectivity index is 2.30. The van der Waals surface area contributed by atoms with Crippen LogP contribution in [0.4, 0.5) is 0 Å². The summed E-state index contributed by atoms with van der Waals surface area (Å²) >= 11 is 4.18. The van der Waals surface area contributed by atoms with Gasteiger partial charge < -0.3 is 4.74 Å². The fraction of sp³-hybridized carbons (Fsp3) is 0.700. The van der Waals surface area contributed by atoms with Crippen LogP contribution in [-0.4, -0.2) is 19.0 Å². The Hall–Kier alpha value is -0.280. The minimum absolute atomic E-state index is 0.00451. The molecule has 1 aliphatic rings. The van der Waals surface area contributed by atoms with Gasteiger partial charge in [-0.1, -0.05) is 26.8 Å². The predicted molar refractivity (Wildman–Crippen MR) is 59.4 cm³/mol. The Morgan fingerprint density at radius 2 is 2.31 bits per heavy atom. The first-order valence-electron chi connectivity index (χ1n) is 4.51. The summed E-state index contributed by atoms with van der Waals surface area (Å²) in [6, 6.07) is 0. The molecule has 0 aliphatic carbocycles. The summed E-state index contributed by atoms with van der Waals surface area (Å²) in [5.41, 5.74) is 0.209. The molecule has 0 bridgehead atoms. The molecule has 0 radical (unpaired) electrons. The number of dihydropyridines is 1. The third-order valence-electron chi connectivity index (χ3n) is 1.61. The molecule has 74 valence electrons. The summed E-state index contributed by atoms with van der Waals surface area (Å²) in [4.78, 5) is 5.15. The zero-order valence-electron chi connectivity index (χ0n) is 8.45. The summed E-state index contributed by atoms with van der Waals surface area (Å²) in [7, 11) is 0. The Labute approximate surface area is 85.5 Å². The van der Waals surface area contributed by atoms with Crippen molar-refractivity contribution < 1.29 is 4.74 Å². The minimum atomic E-state index is -0.00451. The first-order chi connectivity index (χ1) is 5.97. The minimum Gasteiger partial charge on any atom is -0.356 e. The largest absolute Gasteiger partial charge is 0.356 e. The second-order valence-electron chi connectivity index (χ2n) is 4.47. The number of nitrogens with zero attached hydrogens (tertiary/aromatic N) is 1. The SMILES string of the molecule is CC(C)(C)COC1CC=C(S)C=N1. The smallest absolute Gasteiger partial charge is 0.151 e. The number of rotatable bonds is 2. The van der Waals surface area contributed by atoms with Gasteiger partial charge in [0, 0.05) is 17.5 Å². The van der Waals surface area contributed by atoms with Crippen LogP contribution in [0, 0.1) is 5.41 Å². The van der Waals surface area contributed by atoms with Crippen molar-refractivity contribution >= 4 is 18.8 Å². The molecular weight excluding hydrogens is 182 g/mol. The first-order valence-corrected chi connectivity index (χ1v) is 4.96. The summed E-state index contributed by atoms with van der Waals surface area (Å²) < 4.78 is 5.62. The zero-order valence-corrected chi connectivity index (χ0v) is 9.34. The number of thiol groups is 1. The number of hydrogen-bond donors (Lipinski definition) is 1. The van der Waals surface area contributed by atoms with Crippen LogP contribution in [0.15, 0.2) is 16.0 Å². The Morgan fingerprint density at radius 1 is 1.62 bits per heavy atom. The molecule has 3 heteroatoms. The molecule has 0 aromatic rings. The van der Waals surface area contributed by atoms with Gasteiger partial charge in [0.25, 0.3) is 0 Å². The van der Waals surface area contributed by atoms with Crippen LogP contribution in [0.5, 0.6) is 0 Å². The van der Waals surface area contributed by atoms with Gasteiger partial charge in [0.05, 0.1) is 6.61 Å². The molecule has 0 aromatic heterocycles. The normalized spacial score (nSPS) is 23.1. The number of allylic oxidation sites excluding steroid dienone is 1. The van der Waals surface area contributed by atoms with E-state index in [2.05, 4.69) is 38.4 Å². The topological polar surface area (TPSA) is 21.6 Å². The van der Waals surface area contributed by atoms with E-state index in [9.17, 15) is 0 Å². The summed E-state index contributed by atoms with van der Waals surface area (Å²) in [5.74, 6) is 0. The van der Waals surface area contributed by atoms with E-state index in [1.165, 1.54) is 0 Å².